The lowest BCUT2D eigenvalue weighted by Gasteiger charge is -2.23. The van der Waals surface area contributed by atoms with Crippen molar-refractivity contribution in [2.75, 3.05) is 0 Å². The molecule has 0 aromatic rings. The average Bonchev–Trinajstić information content (AvgIpc) is 1.84. The Bertz CT molecular complexity index is 166. The molecule has 1 aliphatic carbocycles. The van der Waals surface area contributed by atoms with Crippen LogP contribution in [0, 0.1) is 0 Å². The third-order valence-corrected chi connectivity index (χ3v) is 2.28. The maximum atomic E-state index is 11.0. The zero-order valence-corrected chi connectivity index (χ0v) is 6.57. The molecule has 0 saturated heterocycles. The summed E-state index contributed by atoms with van der Waals surface area (Å²) in [7, 11) is 0. The highest BCUT2D eigenvalue weighted by atomic mass is 35.5. The van der Waals surface area contributed by atoms with Crippen molar-refractivity contribution in [1.29, 1.82) is 0 Å². The Hall–Kier alpha value is -0.370. The van der Waals surface area contributed by atoms with E-state index in [1.54, 1.807) is 0 Å². The van der Waals surface area contributed by atoms with Gasteiger partial charge in [-0.05, 0) is 13.3 Å². The van der Waals surface area contributed by atoms with Crippen molar-refractivity contribution in [2.24, 2.45) is 0 Å². The van der Waals surface area contributed by atoms with E-state index in [0.29, 0.717) is 19.3 Å². The van der Waals surface area contributed by atoms with Gasteiger partial charge in [0.15, 0.2) is 16.4 Å². The molecule has 1 rings (SSSR count). The number of hydrogen-bond donors (Lipinski definition) is 0. The van der Waals surface area contributed by atoms with Crippen LogP contribution in [0.2, 0.25) is 0 Å². The van der Waals surface area contributed by atoms with E-state index in [-0.39, 0.29) is 11.6 Å². The number of hydrogen-bond acceptors (Lipinski definition) is 2. The SMILES string of the molecule is CC1(Cl)C(=O)CCCC1=O. The normalized spacial score (nSPS) is 25.0. The standard InChI is InChI=1S/C7H9ClO2/c1-7(8)5(9)3-2-4-6(7)10/h2-4H2,1H3. The van der Waals surface area contributed by atoms with Crippen LogP contribution in [0.5, 0.6) is 0 Å². The summed E-state index contributed by atoms with van der Waals surface area (Å²) >= 11 is 5.67. The van der Waals surface area contributed by atoms with E-state index in [1.165, 1.54) is 6.92 Å². The molecule has 0 amide bonds. The Morgan fingerprint density at radius 2 is 1.70 bits per heavy atom. The first-order chi connectivity index (χ1) is 4.55. The van der Waals surface area contributed by atoms with Gasteiger partial charge in [0.25, 0.3) is 0 Å². The van der Waals surface area contributed by atoms with E-state index in [2.05, 4.69) is 0 Å². The molecule has 0 aromatic carbocycles. The zero-order chi connectivity index (χ0) is 7.78. The monoisotopic (exact) mass is 160 g/mol. The van der Waals surface area contributed by atoms with Gasteiger partial charge in [-0.1, -0.05) is 0 Å². The van der Waals surface area contributed by atoms with Crippen LogP contribution in [-0.2, 0) is 9.59 Å². The third-order valence-electron chi connectivity index (χ3n) is 1.85. The van der Waals surface area contributed by atoms with Crippen molar-refractivity contribution in [3.63, 3.8) is 0 Å². The lowest BCUT2D eigenvalue weighted by molar-refractivity contribution is -0.132. The van der Waals surface area contributed by atoms with Crippen LogP contribution in [0.15, 0.2) is 0 Å². The smallest absolute Gasteiger partial charge is 0.161 e. The number of carbonyl (C=O) groups is 2. The molecule has 0 spiro atoms. The highest BCUT2D eigenvalue weighted by Crippen LogP contribution is 2.26. The van der Waals surface area contributed by atoms with Gasteiger partial charge in [0, 0.05) is 12.8 Å². The number of Topliss-reactive ketones (excluding diaryl/α,β-unsaturated/α-hetero) is 2. The molecule has 1 saturated carbocycles. The largest absolute Gasteiger partial charge is 0.297 e. The minimum atomic E-state index is -1.21. The second-order valence-corrected chi connectivity index (χ2v) is 3.46. The Kier molecular flexibility index (Phi) is 1.82. The van der Waals surface area contributed by atoms with Crippen molar-refractivity contribution < 1.29 is 9.59 Å². The summed E-state index contributed by atoms with van der Waals surface area (Å²) in [4.78, 5) is 20.7. The van der Waals surface area contributed by atoms with Gasteiger partial charge < -0.3 is 0 Å². The molecule has 0 radical (unpaired) electrons. The molecule has 0 bridgehead atoms. The third kappa shape index (κ3) is 1.08. The molecule has 3 heteroatoms. The maximum Gasteiger partial charge on any atom is 0.161 e. The molecule has 56 valence electrons. The van der Waals surface area contributed by atoms with E-state index >= 15 is 0 Å². The number of halogens is 1. The number of alkyl halides is 1. The van der Waals surface area contributed by atoms with Crippen LogP contribution in [0.25, 0.3) is 0 Å². The molecule has 1 fully saturated rings. The fourth-order valence-corrected chi connectivity index (χ4v) is 1.22. The molecule has 0 atom stereocenters. The maximum absolute atomic E-state index is 11.0. The van der Waals surface area contributed by atoms with Crippen molar-refractivity contribution in [2.45, 2.75) is 31.1 Å². The van der Waals surface area contributed by atoms with Crippen molar-refractivity contribution in [1.82, 2.24) is 0 Å². The second-order valence-electron chi connectivity index (χ2n) is 2.70. The first kappa shape index (κ1) is 7.73. The summed E-state index contributed by atoms with van der Waals surface area (Å²) in [5.74, 6) is -0.268. The van der Waals surface area contributed by atoms with Gasteiger partial charge >= 0.3 is 0 Å². The molecule has 0 aromatic heterocycles. The van der Waals surface area contributed by atoms with Gasteiger partial charge in [0.2, 0.25) is 0 Å². The Labute approximate surface area is 64.5 Å². The van der Waals surface area contributed by atoms with Crippen molar-refractivity contribution in [3.8, 4) is 0 Å². The van der Waals surface area contributed by atoms with Gasteiger partial charge in [-0.3, -0.25) is 9.59 Å². The van der Waals surface area contributed by atoms with Crippen molar-refractivity contribution in [3.05, 3.63) is 0 Å². The minimum Gasteiger partial charge on any atom is -0.297 e. The first-order valence-electron chi connectivity index (χ1n) is 3.30. The molecular formula is C7H9ClO2. The van der Waals surface area contributed by atoms with Crippen molar-refractivity contribution >= 4 is 23.2 Å². The van der Waals surface area contributed by atoms with Gasteiger partial charge in [-0.25, -0.2) is 0 Å². The van der Waals surface area contributed by atoms with E-state index in [9.17, 15) is 9.59 Å². The Morgan fingerprint density at radius 3 is 2.00 bits per heavy atom. The summed E-state index contributed by atoms with van der Waals surface area (Å²) in [6.45, 7) is 1.48. The first-order valence-corrected chi connectivity index (χ1v) is 3.68. The van der Waals surface area contributed by atoms with Crippen LogP contribution in [0.4, 0.5) is 0 Å². The summed E-state index contributed by atoms with van der Waals surface area (Å²) in [6.07, 6.45) is 1.57. The summed E-state index contributed by atoms with van der Waals surface area (Å²) in [6, 6.07) is 0. The topological polar surface area (TPSA) is 34.1 Å². The second kappa shape index (κ2) is 2.35. The molecule has 0 N–H and O–H groups in total. The Balaban J connectivity index is 2.83. The summed E-state index contributed by atoms with van der Waals surface area (Å²) in [5, 5.41) is 0. The average molecular weight is 161 g/mol. The van der Waals surface area contributed by atoms with Gasteiger partial charge in [0.05, 0.1) is 0 Å². The van der Waals surface area contributed by atoms with E-state index in [1.807, 2.05) is 0 Å². The van der Waals surface area contributed by atoms with Crippen LogP contribution in [0.1, 0.15) is 26.2 Å². The quantitative estimate of drug-likeness (QED) is 0.396. The van der Waals surface area contributed by atoms with Crippen LogP contribution >= 0.6 is 11.6 Å². The molecular weight excluding hydrogens is 152 g/mol. The molecule has 1 aliphatic rings. The van der Waals surface area contributed by atoms with Crippen LogP contribution in [-0.4, -0.2) is 16.4 Å². The fourth-order valence-electron chi connectivity index (χ4n) is 1.03. The van der Waals surface area contributed by atoms with Crippen LogP contribution < -0.4 is 0 Å². The molecule has 0 unspecified atom stereocenters. The molecule has 2 nitrogen and oxygen atoms in total. The highest BCUT2D eigenvalue weighted by Gasteiger charge is 2.40. The lowest BCUT2D eigenvalue weighted by Crippen LogP contribution is -2.41. The predicted octanol–water partition coefficient (Wildman–Crippen LogP) is 1.31. The molecule has 0 heterocycles. The summed E-state index contributed by atoms with van der Waals surface area (Å²) in [5.41, 5.74) is 0. The lowest BCUT2D eigenvalue weighted by atomic mass is 9.87. The highest BCUT2D eigenvalue weighted by molar-refractivity contribution is 6.47. The van der Waals surface area contributed by atoms with E-state index < -0.39 is 4.87 Å². The number of carbonyl (C=O) groups excluding carboxylic acids is 2. The van der Waals surface area contributed by atoms with Gasteiger partial charge in [-0.15, -0.1) is 11.6 Å². The van der Waals surface area contributed by atoms with Gasteiger partial charge in [-0.2, -0.15) is 0 Å². The summed E-state index contributed by atoms with van der Waals surface area (Å²) < 4.78 is 0. The molecule has 10 heavy (non-hydrogen) atoms. The molecule has 0 aliphatic heterocycles. The minimum absolute atomic E-state index is 0.134. The Morgan fingerprint density at radius 1 is 1.30 bits per heavy atom. The zero-order valence-electron chi connectivity index (χ0n) is 5.82. The predicted molar refractivity (Wildman–Crippen MR) is 38.1 cm³/mol. The van der Waals surface area contributed by atoms with Gasteiger partial charge in [0.1, 0.15) is 0 Å². The number of rotatable bonds is 0. The fraction of sp³-hybridized carbons (Fsp3) is 0.714. The van der Waals surface area contributed by atoms with E-state index in [0.717, 1.165) is 0 Å². The number of ketones is 2. The van der Waals surface area contributed by atoms with Crippen LogP contribution in [0.3, 0.4) is 0 Å². The van der Waals surface area contributed by atoms with E-state index in [4.69, 9.17) is 11.6 Å².